The van der Waals surface area contributed by atoms with Gasteiger partial charge in [-0.2, -0.15) is 0 Å². The first-order chi connectivity index (χ1) is 4.31. The fourth-order valence-electron chi connectivity index (χ4n) is 1.36. The van der Waals surface area contributed by atoms with Gasteiger partial charge in [-0.05, 0) is 0 Å². The van der Waals surface area contributed by atoms with Gasteiger partial charge in [0.05, 0.1) is 0 Å². The number of hydrogen-bond acceptors (Lipinski definition) is 0. The SMILES string of the molecule is ClC12[Se]C1C=CC1[Se]C12. The first-order valence-electron chi connectivity index (χ1n) is 3.01. The minimum atomic E-state index is 0.354. The van der Waals surface area contributed by atoms with Gasteiger partial charge in [0.25, 0.3) is 0 Å². The molecule has 0 aromatic carbocycles. The van der Waals surface area contributed by atoms with Crippen LogP contribution in [0.3, 0.4) is 0 Å². The quantitative estimate of drug-likeness (QED) is 0.353. The molecule has 0 amide bonds. The Hall–Kier alpha value is 1.07. The molecule has 4 unspecified atom stereocenters. The van der Waals surface area contributed by atoms with Crippen LogP contribution in [0.25, 0.3) is 0 Å². The van der Waals surface area contributed by atoms with E-state index in [1.54, 1.807) is 0 Å². The Morgan fingerprint density at radius 2 is 2.33 bits per heavy atom. The molecule has 0 aromatic heterocycles. The van der Waals surface area contributed by atoms with E-state index < -0.39 is 0 Å². The first kappa shape index (κ1) is 5.69. The second kappa shape index (κ2) is 1.47. The summed E-state index contributed by atoms with van der Waals surface area (Å²) in [5, 5.41) is 0. The van der Waals surface area contributed by atoms with Gasteiger partial charge >= 0.3 is 71.9 Å². The fourth-order valence-corrected chi connectivity index (χ4v) is 8.91. The van der Waals surface area contributed by atoms with E-state index in [0.29, 0.717) is 3.77 Å². The number of rotatable bonds is 0. The molecule has 1 aliphatic carbocycles. The third-order valence-corrected chi connectivity index (χ3v) is 10.1. The molecule has 0 spiro atoms. The zero-order valence-electron chi connectivity index (χ0n) is 4.58. The number of fused-ring (bicyclic) bond motifs is 3. The van der Waals surface area contributed by atoms with Crippen molar-refractivity contribution >= 4 is 41.5 Å². The summed E-state index contributed by atoms with van der Waals surface area (Å²) < 4.78 is 0.354. The van der Waals surface area contributed by atoms with Crippen molar-refractivity contribution < 1.29 is 0 Å². The Bertz CT molecular complexity index is 203. The van der Waals surface area contributed by atoms with E-state index in [2.05, 4.69) is 12.2 Å². The Labute approximate surface area is 71.7 Å². The average Bonchev–Trinajstić information content (AvgIpc) is 2.52. The van der Waals surface area contributed by atoms with Crippen molar-refractivity contribution in [3.05, 3.63) is 12.2 Å². The van der Waals surface area contributed by atoms with Crippen LogP contribution in [0.5, 0.6) is 0 Å². The normalized spacial score (nSPS) is 66.6. The van der Waals surface area contributed by atoms with E-state index in [0.717, 1.165) is 44.4 Å². The van der Waals surface area contributed by atoms with E-state index >= 15 is 0 Å². The summed E-state index contributed by atoms with van der Waals surface area (Å²) in [6.07, 6.45) is 4.77. The van der Waals surface area contributed by atoms with Crippen molar-refractivity contribution in [1.82, 2.24) is 0 Å². The topological polar surface area (TPSA) is 0 Å². The number of halogens is 1. The maximum absolute atomic E-state index is 6.33. The zero-order chi connectivity index (χ0) is 6.06. The van der Waals surface area contributed by atoms with E-state index in [1.807, 2.05) is 0 Å². The second-order valence-corrected chi connectivity index (χ2v) is 9.53. The van der Waals surface area contributed by atoms with E-state index in [-0.39, 0.29) is 0 Å². The van der Waals surface area contributed by atoms with Gasteiger partial charge in [0.1, 0.15) is 0 Å². The molecule has 3 aliphatic rings. The summed E-state index contributed by atoms with van der Waals surface area (Å²) in [5.41, 5.74) is 0. The predicted molar refractivity (Wildman–Crippen MR) is 40.5 cm³/mol. The zero-order valence-corrected chi connectivity index (χ0v) is 8.76. The summed E-state index contributed by atoms with van der Waals surface area (Å²) in [6, 6.07) is 0. The van der Waals surface area contributed by atoms with Crippen molar-refractivity contribution in [3.63, 3.8) is 0 Å². The average molecular weight is 270 g/mol. The standard InChI is InChI=1S/C6H5ClSe2/c7-6-4(9-6)2-1-3-5(6)8-3/h1-5H. The molecule has 2 fully saturated rings. The third kappa shape index (κ3) is 0.618. The van der Waals surface area contributed by atoms with Crippen LogP contribution in [0.15, 0.2) is 12.2 Å². The van der Waals surface area contributed by atoms with Gasteiger partial charge in [0.15, 0.2) is 0 Å². The maximum atomic E-state index is 6.33. The number of allylic oxidation sites excluding steroid dienone is 2. The van der Waals surface area contributed by atoms with Gasteiger partial charge in [0, 0.05) is 0 Å². The van der Waals surface area contributed by atoms with Crippen molar-refractivity contribution in [2.75, 3.05) is 0 Å². The van der Waals surface area contributed by atoms with E-state index in [1.165, 1.54) is 0 Å². The molecule has 2 saturated heterocycles. The summed E-state index contributed by atoms with van der Waals surface area (Å²) in [7, 11) is 0. The van der Waals surface area contributed by atoms with Crippen LogP contribution >= 0.6 is 11.6 Å². The van der Waals surface area contributed by atoms with Crippen molar-refractivity contribution in [2.24, 2.45) is 0 Å². The van der Waals surface area contributed by atoms with Crippen LogP contribution in [0.1, 0.15) is 0 Å². The Morgan fingerprint density at radius 1 is 1.44 bits per heavy atom. The van der Waals surface area contributed by atoms with Crippen LogP contribution < -0.4 is 0 Å². The van der Waals surface area contributed by atoms with Gasteiger partial charge in [-0.3, -0.25) is 0 Å². The molecule has 3 heteroatoms. The molecule has 9 heavy (non-hydrogen) atoms. The molecule has 0 radical (unpaired) electrons. The number of hydrogen-bond donors (Lipinski definition) is 0. The van der Waals surface area contributed by atoms with Gasteiger partial charge in [0.2, 0.25) is 0 Å². The third-order valence-electron chi connectivity index (χ3n) is 2.03. The summed E-state index contributed by atoms with van der Waals surface area (Å²) in [5.74, 6) is 0. The van der Waals surface area contributed by atoms with E-state index in [4.69, 9.17) is 11.6 Å². The molecule has 2 heterocycles. The molecule has 0 nitrogen and oxygen atoms in total. The van der Waals surface area contributed by atoms with Crippen molar-refractivity contribution in [1.29, 1.82) is 0 Å². The minimum absolute atomic E-state index is 0.354. The van der Waals surface area contributed by atoms with Gasteiger partial charge in [-0.15, -0.1) is 0 Å². The molecule has 48 valence electrons. The van der Waals surface area contributed by atoms with E-state index in [9.17, 15) is 0 Å². The van der Waals surface area contributed by atoms with Gasteiger partial charge in [-0.25, -0.2) is 0 Å². The van der Waals surface area contributed by atoms with Crippen LogP contribution in [0.4, 0.5) is 0 Å². The van der Waals surface area contributed by atoms with Gasteiger partial charge < -0.3 is 0 Å². The second-order valence-electron chi connectivity index (χ2n) is 2.64. The van der Waals surface area contributed by atoms with Crippen LogP contribution in [0, 0.1) is 0 Å². The van der Waals surface area contributed by atoms with Crippen LogP contribution in [0.2, 0.25) is 14.4 Å². The van der Waals surface area contributed by atoms with Crippen molar-refractivity contribution in [3.8, 4) is 0 Å². The Balaban J connectivity index is 2.06. The summed E-state index contributed by atoms with van der Waals surface area (Å²) in [6.45, 7) is 0. The predicted octanol–water partition coefficient (Wildman–Crippen LogP) is 1.29. The first-order valence-corrected chi connectivity index (χ1v) is 7.21. The molecule has 0 N–H and O–H groups in total. The summed E-state index contributed by atoms with van der Waals surface area (Å²) >= 11 is 7.99. The van der Waals surface area contributed by atoms with Gasteiger partial charge in [-0.1, -0.05) is 0 Å². The monoisotopic (exact) mass is 272 g/mol. The number of alkyl halides is 1. The Morgan fingerprint density at radius 3 is 3.11 bits per heavy atom. The molecule has 4 atom stereocenters. The molecule has 3 rings (SSSR count). The molecule has 0 aromatic rings. The molecular weight excluding hydrogens is 265 g/mol. The molecule has 0 saturated carbocycles. The fraction of sp³-hybridized carbons (Fsp3) is 0.667. The van der Waals surface area contributed by atoms with Crippen molar-refractivity contribution in [2.45, 2.75) is 18.2 Å². The Kier molecular flexibility index (Phi) is 0.926. The molecule has 2 aliphatic heterocycles. The summed E-state index contributed by atoms with van der Waals surface area (Å²) in [4.78, 5) is 2.74. The molecular formula is C6H5ClSe2. The van der Waals surface area contributed by atoms with Crippen LogP contribution in [-0.2, 0) is 0 Å². The molecule has 0 bridgehead atoms. The van der Waals surface area contributed by atoms with Crippen LogP contribution in [-0.4, -0.2) is 33.7 Å².